The van der Waals surface area contributed by atoms with Crippen molar-refractivity contribution in [2.24, 2.45) is 11.5 Å². The van der Waals surface area contributed by atoms with Gasteiger partial charge in [-0.25, -0.2) is 0 Å². The van der Waals surface area contributed by atoms with E-state index >= 15 is 0 Å². The van der Waals surface area contributed by atoms with E-state index in [-0.39, 0.29) is 6.04 Å². The second-order valence-corrected chi connectivity index (χ2v) is 5.40. The lowest BCUT2D eigenvalue weighted by Crippen LogP contribution is -2.41. The molecule has 0 amide bonds. The number of benzene rings is 1. The molecule has 1 unspecified atom stereocenters. The maximum absolute atomic E-state index is 5.83. The van der Waals surface area contributed by atoms with E-state index < -0.39 is 0 Å². The van der Waals surface area contributed by atoms with Crippen molar-refractivity contribution in [3.05, 3.63) is 35.4 Å². The molecule has 3 nitrogen and oxygen atoms in total. The van der Waals surface area contributed by atoms with Gasteiger partial charge in [-0.1, -0.05) is 38.1 Å². The Hall–Kier alpha value is -0.900. The molecule has 0 spiro atoms. The topological polar surface area (TPSA) is 55.3 Å². The standard InChI is InChI=1S/C15H27N3/c1-12(2)14-6-4-13(5-7-14)8-9-18(3)11-15(17)10-16/h4-7,12,15H,8-11,16-17H2,1-3H3. The van der Waals surface area contributed by atoms with Crippen LogP contribution in [-0.4, -0.2) is 37.6 Å². The van der Waals surface area contributed by atoms with Gasteiger partial charge in [-0.05, 0) is 30.5 Å². The minimum atomic E-state index is 0.0818. The molecule has 1 rings (SSSR count). The van der Waals surface area contributed by atoms with Gasteiger partial charge in [0.15, 0.2) is 0 Å². The average molecular weight is 249 g/mol. The Morgan fingerprint density at radius 1 is 1.17 bits per heavy atom. The molecule has 0 aromatic heterocycles. The Morgan fingerprint density at radius 2 is 1.78 bits per heavy atom. The van der Waals surface area contributed by atoms with E-state index in [4.69, 9.17) is 11.5 Å². The Balaban J connectivity index is 2.39. The molecule has 102 valence electrons. The summed E-state index contributed by atoms with van der Waals surface area (Å²) in [6.07, 6.45) is 1.06. The number of hydrogen-bond donors (Lipinski definition) is 2. The normalized spacial score (nSPS) is 13.3. The monoisotopic (exact) mass is 249 g/mol. The van der Waals surface area contributed by atoms with Crippen LogP contribution in [0.4, 0.5) is 0 Å². The lowest BCUT2D eigenvalue weighted by atomic mass is 10.0. The van der Waals surface area contributed by atoms with E-state index in [2.05, 4.69) is 50.1 Å². The smallest absolute Gasteiger partial charge is 0.0292 e. The second-order valence-electron chi connectivity index (χ2n) is 5.40. The van der Waals surface area contributed by atoms with Crippen LogP contribution in [0, 0.1) is 0 Å². The first-order chi connectivity index (χ1) is 8.52. The molecule has 3 heteroatoms. The maximum Gasteiger partial charge on any atom is 0.0292 e. The summed E-state index contributed by atoms with van der Waals surface area (Å²) in [5.74, 6) is 0.601. The van der Waals surface area contributed by atoms with Crippen LogP contribution in [0.1, 0.15) is 30.9 Å². The minimum Gasteiger partial charge on any atom is -0.329 e. The Labute approximate surface area is 111 Å². The lowest BCUT2D eigenvalue weighted by Gasteiger charge is -2.20. The third-order valence-corrected chi connectivity index (χ3v) is 3.28. The molecule has 0 fully saturated rings. The highest BCUT2D eigenvalue weighted by atomic mass is 15.1. The second kappa shape index (κ2) is 7.52. The van der Waals surface area contributed by atoms with Crippen LogP contribution in [0.25, 0.3) is 0 Å². The van der Waals surface area contributed by atoms with Crippen LogP contribution in [0.3, 0.4) is 0 Å². The predicted molar refractivity (Wildman–Crippen MR) is 78.8 cm³/mol. The van der Waals surface area contributed by atoms with Crippen LogP contribution in [0.2, 0.25) is 0 Å². The molecule has 1 aromatic rings. The van der Waals surface area contributed by atoms with Crippen LogP contribution >= 0.6 is 0 Å². The number of nitrogens with two attached hydrogens (primary N) is 2. The molecule has 0 saturated carbocycles. The molecular weight excluding hydrogens is 222 g/mol. The summed E-state index contributed by atoms with van der Waals surface area (Å²) in [6, 6.07) is 8.99. The highest BCUT2D eigenvalue weighted by Gasteiger charge is 2.05. The van der Waals surface area contributed by atoms with Gasteiger partial charge in [0.05, 0.1) is 0 Å². The van der Waals surface area contributed by atoms with Crippen molar-refractivity contribution in [1.82, 2.24) is 4.90 Å². The van der Waals surface area contributed by atoms with Crippen LogP contribution < -0.4 is 11.5 Å². The summed E-state index contributed by atoms with van der Waals surface area (Å²) < 4.78 is 0. The SMILES string of the molecule is CC(C)c1ccc(CCN(C)CC(N)CN)cc1. The Kier molecular flexibility index (Phi) is 6.33. The number of hydrogen-bond acceptors (Lipinski definition) is 3. The van der Waals surface area contributed by atoms with Crippen molar-refractivity contribution >= 4 is 0 Å². The molecule has 1 atom stereocenters. The Morgan fingerprint density at radius 3 is 2.28 bits per heavy atom. The number of nitrogens with zero attached hydrogens (tertiary/aromatic N) is 1. The first-order valence-electron chi connectivity index (χ1n) is 6.76. The van der Waals surface area contributed by atoms with Gasteiger partial charge < -0.3 is 16.4 Å². The van der Waals surface area contributed by atoms with Gasteiger partial charge in [0.25, 0.3) is 0 Å². The van der Waals surface area contributed by atoms with Gasteiger partial charge in [0, 0.05) is 25.7 Å². The molecule has 0 saturated heterocycles. The minimum absolute atomic E-state index is 0.0818. The zero-order valence-electron chi connectivity index (χ0n) is 11.9. The van der Waals surface area contributed by atoms with Crippen molar-refractivity contribution in [3.8, 4) is 0 Å². The number of rotatable bonds is 7. The van der Waals surface area contributed by atoms with Gasteiger partial charge in [0.1, 0.15) is 0 Å². The average Bonchev–Trinajstić information content (AvgIpc) is 2.36. The van der Waals surface area contributed by atoms with Crippen LogP contribution in [0.15, 0.2) is 24.3 Å². The van der Waals surface area contributed by atoms with Crippen LogP contribution in [0.5, 0.6) is 0 Å². The summed E-state index contributed by atoms with van der Waals surface area (Å²) >= 11 is 0. The fraction of sp³-hybridized carbons (Fsp3) is 0.600. The lowest BCUT2D eigenvalue weighted by molar-refractivity contribution is 0.316. The van der Waals surface area contributed by atoms with Crippen LogP contribution in [-0.2, 0) is 6.42 Å². The summed E-state index contributed by atoms with van der Waals surface area (Å²) in [7, 11) is 2.10. The molecule has 0 heterocycles. The van der Waals surface area contributed by atoms with E-state index in [1.165, 1.54) is 11.1 Å². The molecule has 0 aliphatic rings. The summed E-state index contributed by atoms with van der Waals surface area (Å²) in [4.78, 5) is 2.24. The molecule has 1 aromatic carbocycles. The van der Waals surface area contributed by atoms with Crippen molar-refractivity contribution in [1.29, 1.82) is 0 Å². The van der Waals surface area contributed by atoms with E-state index in [0.717, 1.165) is 19.5 Å². The van der Waals surface area contributed by atoms with Gasteiger partial charge >= 0.3 is 0 Å². The highest BCUT2D eigenvalue weighted by Crippen LogP contribution is 2.14. The molecular formula is C15H27N3. The molecule has 0 radical (unpaired) electrons. The van der Waals surface area contributed by atoms with Crippen molar-refractivity contribution < 1.29 is 0 Å². The molecule has 0 aliphatic carbocycles. The van der Waals surface area contributed by atoms with Gasteiger partial charge in [0.2, 0.25) is 0 Å². The summed E-state index contributed by atoms with van der Waals surface area (Å²) in [5.41, 5.74) is 14.1. The molecule has 18 heavy (non-hydrogen) atoms. The van der Waals surface area contributed by atoms with Crippen molar-refractivity contribution in [3.63, 3.8) is 0 Å². The number of likely N-dealkylation sites (N-methyl/N-ethyl adjacent to an activating group) is 1. The van der Waals surface area contributed by atoms with E-state index in [1.807, 2.05) is 0 Å². The maximum atomic E-state index is 5.83. The summed E-state index contributed by atoms with van der Waals surface area (Å²) in [5, 5.41) is 0. The first kappa shape index (κ1) is 15.2. The molecule has 0 aliphatic heterocycles. The fourth-order valence-corrected chi connectivity index (χ4v) is 1.96. The van der Waals surface area contributed by atoms with Gasteiger partial charge in [-0.2, -0.15) is 0 Å². The summed E-state index contributed by atoms with van der Waals surface area (Å²) in [6.45, 7) is 6.87. The zero-order chi connectivity index (χ0) is 13.5. The van der Waals surface area contributed by atoms with E-state index in [0.29, 0.717) is 12.5 Å². The van der Waals surface area contributed by atoms with E-state index in [1.54, 1.807) is 0 Å². The van der Waals surface area contributed by atoms with E-state index in [9.17, 15) is 0 Å². The molecule has 0 bridgehead atoms. The predicted octanol–water partition coefficient (Wildman–Crippen LogP) is 1.57. The highest BCUT2D eigenvalue weighted by molar-refractivity contribution is 5.24. The first-order valence-corrected chi connectivity index (χ1v) is 6.76. The fourth-order valence-electron chi connectivity index (χ4n) is 1.96. The molecule has 4 N–H and O–H groups in total. The largest absolute Gasteiger partial charge is 0.329 e. The Bertz CT molecular complexity index is 332. The van der Waals surface area contributed by atoms with Crippen molar-refractivity contribution in [2.75, 3.05) is 26.7 Å². The van der Waals surface area contributed by atoms with Gasteiger partial charge in [-0.3, -0.25) is 0 Å². The van der Waals surface area contributed by atoms with Gasteiger partial charge in [-0.15, -0.1) is 0 Å². The zero-order valence-corrected chi connectivity index (χ0v) is 11.9. The third kappa shape index (κ3) is 5.17. The third-order valence-electron chi connectivity index (χ3n) is 3.28. The quantitative estimate of drug-likeness (QED) is 0.771. The van der Waals surface area contributed by atoms with Crippen molar-refractivity contribution in [2.45, 2.75) is 32.2 Å².